The third-order valence-electron chi connectivity index (χ3n) is 1.72. The monoisotopic (exact) mass is 185 g/mol. The average Bonchev–Trinajstić information content (AvgIpc) is 2.47. The van der Waals surface area contributed by atoms with Crippen LogP contribution in [0.15, 0.2) is 12.3 Å². The molecule has 0 aliphatic carbocycles. The molecular weight excluding hydrogens is 174 g/mol. The first-order valence-electron chi connectivity index (χ1n) is 3.89. The molecule has 0 saturated carbocycles. The van der Waals surface area contributed by atoms with E-state index < -0.39 is 5.97 Å². The maximum atomic E-state index is 10.9. The van der Waals surface area contributed by atoms with E-state index in [0.29, 0.717) is 13.0 Å². The van der Waals surface area contributed by atoms with Crippen LogP contribution in [0.4, 0.5) is 0 Å². The summed E-state index contributed by atoms with van der Waals surface area (Å²) in [6.45, 7) is 3.62. The second-order valence-corrected chi connectivity index (χ2v) is 2.78. The van der Waals surface area contributed by atoms with Crippen LogP contribution in [0.5, 0.6) is 0 Å². The molecule has 5 heteroatoms. The highest BCUT2D eigenvalue weighted by molar-refractivity contribution is 5.86. The van der Waals surface area contributed by atoms with Crippen LogP contribution in [0.1, 0.15) is 6.42 Å². The van der Waals surface area contributed by atoms with E-state index in [0.717, 1.165) is 0 Å². The zero-order chi connectivity index (χ0) is 9.84. The van der Waals surface area contributed by atoms with E-state index in [1.165, 1.54) is 0 Å². The van der Waals surface area contributed by atoms with Crippen molar-refractivity contribution in [1.82, 2.24) is 0 Å². The molecule has 0 spiro atoms. The van der Waals surface area contributed by atoms with Crippen LogP contribution in [-0.2, 0) is 19.1 Å². The third kappa shape index (κ3) is 2.47. The number of esters is 2. The van der Waals surface area contributed by atoms with E-state index in [1.54, 1.807) is 0 Å². The van der Waals surface area contributed by atoms with E-state index in [-0.39, 0.29) is 24.2 Å². The van der Waals surface area contributed by atoms with Gasteiger partial charge in [-0.1, -0.05) is 6.58 Å². The van der Waals surface area contributed by atoms with Crippen molar-refractivity contribution >= 4 is 11.9 Å². The van der Waals surface area contributed by atoms with Gasteiger partial charge in [-0.15, -0.1) is 0 Å². The van der Waals surface area contributed by atoms with Gasteiger partial charge in [-0.25, -0.2) is 4.79 Å². The van der Waals surface area contributed by atoms with Gasteiger partial charge in [-0.3, -0.25) is 4.79 Å². The van der Waals surface area contributed by atoms with E-state index >= 15 is 0 Å². The van der Waals surface area contributed by atoms with Crippen molar-refractivity contribution in [2.75, 3.05) is 13.2 Å². The van der Waals surface area contributed by atoms with Gasteiger partial charge < -0.3 is 15.2 Å². The minimum Gasteiger partial charge on any atom is -0.465 e. The van der Waals surface area contributed by atoms with E-state index in [2.05, 4.69) is 11.3 Å². The minimum absolute atomic E-state index is 0.0217. The molecule has 0 bridgehead atoms. The molecule has 1 fully saturated rings. The summed E-state index contributed by atoms with van der Waals surface area (Å²) < 4.78 is 9.37. The number of carbonyl (C=O) groups excluding carboxylic acids is 2. The van der Waals surface area contributed by atoms with Gasteiger partial charge in [-0.05, 0) is 6.42 Å². The Hall–Kier alpha value is -1.52. The number of rotatable bonds is 3. The van der Waals surface area contributed by atoms with Crippen molar-refractivity contribution in [3.63, 3.8) is 0 Å². The van der Waals surface area contributed by atoms with Crippen LogP contribution in [-0.4, -0.2) is 25.2 Å². The zero-order valence-electron chi connectivity index (χ0n) is 7.12. The zero-order valence-corrected chi connectivity index (χ0v) is 7.12. The molecule has 2 N–H and O–H groups in total. The molecule has 1 atom stereocenters. The predicted octanol–water partition coefficient (Wildman–Crippen LogP) is -0.435. The fraction of sp³-hybridized carbons (Fsp3) is 0.500. The highest BCUT2D eigenvalue weighted by Gasteiger charge is 2.27. The van der Waals surface area contributed by atoms with Crippen molar-refractivity contribution in [2.24, 2.45) is 11.7 Å². The molecule has 0 aromatic rings. The van der Waals surface area contributed by atoms with Crippen molar-refractivity contribution in [1.29, 1.82) is 0 Å². The molecule has 0 radical (unpaired) electrons. The van der Waals surface area contributed by atoms with Gasteiger partial charge in [0.2, 0.25) is 0 Å². The molecule has 1 rings (SSSR count). The predicted molar refractivity (Wildman–Crippen MR) is 43.4 cm³/mol. The molecule has 72 valence electrons. The summed E-state index contributed by atoms with van der Waals surface area (Å²) in [5.74, 6) is -1.35. The fourth-order valence-corrected chi connectivity index (χ4v) is 0.958. The molecule has 1 unspecified atom stereocenters. The molecule has 0 amide bonds. The highest BCUT2D eigenvalue weighted by atomic mass is 16.6. The van der Waals surface area contributed by atoms with Crippen molar-refractivity contribution < 1.29 is 19.1 Å². The number of cyclic esters (lactones) is 1. The molecular formula is C8H11NO4. The third-order valence-corrected chi connectivity index (χ3v) is 1.72. The Bertz CT molecular complexity index is 249. The first-order chi connectivity index (χ1) is 6.11. The first-order valence-corrected chi connectivity index (χ1v) is 3.89. The maximum absolute atomic E-state index is 10.9. The summed E-state index contributed by atoms with van der Waals surface area (Å²) in [5, 5.41) is 0. The van der Waals surface area contributed by atoms with E-state index in [1.807, 2.05) is 0 Å². The van der Waals surface area contributed by atoms with Gasteiger partial charge in [0.1, 0.15) is 12.3 Å². The van der Waals surface area contributed by atoms with Gasteiger partial charge in [0, 0.05) is 0 Å². The smallest absolute Gasteiger partial charge is 0.353 e. The van der Waals surface area contributed by atoms with Crippen LogP contribution in [0.3, 0.4) is 0 Å². The van der Waals surface area contributed by atoms with Crippen molar-refractivity contribution in [3.8, 4) is 0 Å². The number of nitrogens with two attached hydrogens (primary N) is 1. The summed E-state index contributed by atoms with van der Waals surface area (Å²) in [6.07, 6.45) is 0.586. The van der Waals surface area contributed by atoms with Gasteiger partial charge in [0.05, 0.1) is 12.5 Å². The molecule has 1 aliphatic heterocycles. The van der Waals surface area contributed by atoms with Crippen LogP contribution in [0.25, 0.3) is 0 Å². The van der Waals surface area contributed by atoms with E-state index in [9.17, 15) is 9.59 Å². The molecule has 0 aromatic carbocycles. The molecule has 1 saturated heterocycles. The fourth-order valence-electron chi connectivity index (χ4n) is 0.958. The largest absolute Gasteiger partial charge is 0.465 e. The van der Waals surface area contributed by atoms with Gasteiger partial charge in [0.25, 0.3) is 0 Å². The normalized spacial score (nSPS) is 20.9. The maximum Gasteiger partial charge on any atom is 0.353 e. The molecule has 1 aliphatic rings. The Morgan fingerprint density at radius 3 is 2.92 bits per heavy atom. The Labute approximate surface area is 75.5 Å². The molecule has 5 nitrogen and oxygen atoms in total. The van der Waals surface area contributed by atoms with Gasteiger partial charge in [-0.2, -0.15) is 0 Å². The topological polar surface area (TPSA) is 78.6 Å². The van der Waals surface area contributed by atoms with Crippen molar-refractivity contribution in [2.45, 2.75) is 6.42 Å². The lowest BCUT2D eigenvalue weighted by molar-refractivity contribution is -0.146. The summed E-state index contributed by atoms with van der Waals surface area (Å²) in [5.41, 5.74) is 4.91. The summed E-state index contributed by atoms with van der Waals surface area (Å²) in [4.78, 5) is 21.7. The summed E-state index contributed by atoms with van der Waals surface area (Å²) in [7, 11) is 0. The number of carbonyl (C=O) groups is 2. The van der Waals surface area contributed by atoms with Gasteiger partial charge in [0.15, 0.2) is 0 Å². The van der Waals surface area contributed by atoms with Crippen LogP contribution in [0.2, 0.25) is 0 Å². The SMILES string of the molecule is C=C(N)C(=O)OCC1CCOC1=O. The molecule has 1 heterocycles. The number of ether oxygens (including phenoxy) is 2. The highest BCUT2D eigenvalue weighted by Crippen LogP contribution is 2.14. The molecule has 13 heavy (non-hydrogen) atoms. The Kier molecular flexibility index (Phi) is 2.89. The first kappa shape index (κ1) is 9.57. The average molecular weight is 185 g/mol. The quantitative estimate of drug-likeness (QED) is 0.476. The lowest BCUT2D eigenvalue weighted by Gasteiger charge is -2.06. The van der Waals surface area contributed by atoms with Crippen LogP contribution in [0, 0.1) is 5.92 Å². The Balaban J connectivity index is 2.30. The van der Waals surface area contributed by atoms with E-state index in [4.69, 9.17) is 10.5 Å². The van der Waals surface area contributed by atoms with Crippen LogP contribution < -0.4 is 5.73 Å². The summed E-state index contributed by atoms with van der Waals surface area (Å²) >= 11 is 0. The number of hydrogen-bond donors (Lipinski definition) is 1. The second-order valence-electron chi connectivity index (χ2n) is 2.78. The van der Waals surface area contributed by atoms with Crippen molar-refractivity contribution in [3.05, 3.63) is 12.3 Å². The lowest BCUT2D eigenvalue weighted by Crippen LogP contribution is -2.20. The molecule has 0 aromatic heterocycles. The lowest BCUT2D eigenvalue weighted by atomic mass is 10.1. The Morgan fingerprint density at radius 1 is 1.77 bits per heavy atom. The van der Waals surface area contributed by atoms with Crippen LogP contribution >= 0.6 is 0 Å². The number of hydrogen-bond acceptors (Lipinski definition) is 5. The Morgan fingerprint density at radius 2 is 2.46 bits per heavy atom. The standard InChI is InChI=1S/C8H11NO4/c1-5(9)7(10)13-4-6-2-3-12-8(6)11/h6H,1-4,9H2. The second kappa shape index (κ2) is 3.93. The van der Waals surface area contributed by atoms with Gasteiger partial charge >= 0.3 is 11.9 Å². The summed E-state index contributed by atoms with van der Waals surface area (Å²) in [6, 6.07) is 0. The minimum atomic E-state index is -0.681.